The van der Waals surface area contributed by atoms with Gasteiger partial charge in [0.1, 0.15) is 23.1 Å². The summed E-state index contributed by atoms with van der Waals surface area (Å²) in [6.07, 6.45) is 0. The second kappa shape index (κ2) is 9.43. The number of aromatic nitrogens is 3. The van der Waals surface area contributed by atoms with Crippen molar-refractivity contribution in [1.29, 1.82) is 0 Å². The van der Waals surface area contributed by atoms with Crippen molar-refractivity contribution in [2.75, 3.05) is 24.5 Å². The third-order valence-corrected chi connectivity index (χ3v) is 6.82. The summed E-state index contributed by atoms with van der Waals surface area (Å²) < 4.78 is 31.7. The van der Waals surface area contributed by atoms with Gasteiger partial charge >= 0.3 is 5.69 Å². The van der Waals surface area contributed by atoms with Crippen molar-refractivity contribution in [3.63, 3.8) is 0 Å². The average Bonchev–Trinajstić information content (AvgIpc) is 2.85. The van der Waals surface area contributed by atoms with Crippen molar-refractivity contribution in [1.82, 2.24) is 19.9 Å². The first kappa shape index (κ1) is 24.1. The van der Waals surface area contributed by atoms with E-state index in [1.165, 1.54) is 22.8 Å². The van der Waals surface area contributed by atoms with Crippen LogP contribution >= 0.6 is 0 Å². The summed E-state index contributed by atoms with van der Waals surface area (Å²) in [7, 11) is 0. The van der Waals surface area contributed by atoms with Gasteiger partial charge < -0.3 is 10.2 Å². The van der Waals surface area contributed by atoms with Gasteiger partial charge in [0.25, 0.3) is 0 Å². The zero-order valence-corrected chi connectivity index (χ0v) is 20.8. The summed E-state index contributed by atoms with van der Waals surface area (Å²) in [5, 5.41) is 3.74. The third kappa shape index (κ3) is 4.05. The molecule has 0 bridgehead atoms. The van der Waals surface area contributed by atoms with Gasteiger partial charge in [-0.05, 0) is 49.1 Å². The fourth-order valence-corrected chi connectivity index (χ4v) is 4.98. The highest BCUT2D eigenvalue weighted by Crippen LogP contribution is 2.33. The van der Waals surface area contributed by atoms with Crippen LogP contribution in [0.25, 0.3) is 28.0 Å². The highest BCUT2D eigenvalue weighted by Gasteiger charge is 2.27. The Morgan fingerprint density at radius 2 is 1.83 bits per heavy atom. The van der Waals surface area contributed by atoms with Gasteiger partial charge in [-0.3, -0.25) is 0 Å². The van der Waals surface area contributed by atoms with E-state index in [1.54, 1.807) is 12.1 Å². The first-order valence-corrected chi connectivity index (χ1v) is 12.2. The topological polar surface area (TPSA) is 63.1 Å². The number of aryl methyl sites for hydroxylation is 1. The number of fused-ring (bicyclic) bond motifs is 1. The molecule has 2 aromatic carbocycles. The van der Waals surface area contributed by atoms with Crippen molar-refractivity contribution >= 4 is 16.9 Å². The van der Waals surface area contributed by atoms with E-state index in [0.29, 0.717) is 30.0 Å². The molecular weight excluding hydrogens is 460 g/mol. The number of halogens is 2. The van der Waals surface area contributed by atoms with Crippen molar-refractivity contribution in [3.05, 3.63) is 81.8 Å². The lowest BCUT2D eigenvalue weighted by Gasteiger charge is -2.35. The summed E-state index contributed by atoms with van der Waals surface area (Å²) in [6, 6.07) is 13.2. The second-order valence-electron chi connectivity index (χ2n) is 9.64. The van der Waals surface area contributed by atoms with E-state index in [-0.39, 0.29) is 28.9 Å². The molecule has 1 aliphatic rings. The molecular formula is C28H29F2N5O. The molecule has 1 aliphatic heterocycles. The molecule has 1 atom stereocenters. The number of piperazine rings is 1. The minimum absolute atomic E-state index is 0.0404. The smallest absolute Gasteiger partial charge is 0.351 e. The van der Waals surface area contributed by atoms with Crippen LogP contribution < -0.4 is 15.9 Å². The summed E-state index contributed by atoms with van der Waals surface area (Å²) in [5.41, 5.74) is 2.14. The normalized spacial score (nSPS) is 16.2. The van der Waals surface area contributed by atoms with Gasteiger partial charge in [-0.1, -0.05) is 44.2 Å². The molecule has 186 valence electrons. The van der Waals surface area contributed by atoms with E-state index in [2.05, 4.69) is 15.3 Å². The number of rotatable bonds is 4. The third-order valence-electron chi connectivity index (χ3n) is 6.82. The maximum absolute atomic E-state index is 15.6. The summed E-state index contributed by atoms with van der Waals surface area (Å²) in [5.74, 6) is -0.744. The number of hydrogen-bond acceptors (Lipinski definition) is 5. The van der Waals surface area contributed by atoms with Crippen molar-refractivity contribution in [2.24, 2.45) is 0 Å². The molecule has 3 heterocycles. The van der Waals surface area contributed by atoms with Crippen LogP contribution in [0.5, 0.6) is 0 Å². The fraction of sp³-hybridized carbons (Fsp3) is 0.321. The summed E-state index contributed by atoms with van der Waals surface area (Å²) >= 11 is 0. The van der Waals surface area contributed by atoms with Crippen LogP contribution in [0.4, 0.5) is 14.6 Å². The predicted octanol–water partition coefficient (Wildman–Crippen LogP) is 4.96. The lowest BCUT2D eigenvalue weighted by atomic mass is 9.98. The first-order chi connectivity index (χ1) is 17.3. The second-order valence-corrected chi connectivity index (χ2v) is 9.64. The molecule has 0 unspecified atom stereocenters. The molecule has 5 rings (SSSR count). The molecule has 4 aromatic rings. The summed E-state index contributed by atoms with van der Waals surface area (Å²) in [4.78, 5) is 24.9. The monoisotopic (exact) mass is 489 g/mol. The van der Waals surface area contributed by atoms with Gasteiger partial charge in [0, 0.05) is 31.2 Å². The molecule has 0 aliphatic carbocycles. The van der Waals surface area contributed by atoms with E-state index in [4.69, 9.17) is 0 Å². The van der Waals surface area contributed by atoms with E-state index < -0.39 is 17.3 Å². The predicted molar refractivity (Wildman–Crippen MR) is 139 cm³/mol. The number of para-hydroxylation sites is 1. The molecule has 6 nitrogen and oxygen atoms in total. The number of hydrogen-bond donors (Lipinski definition) is 1. The van der Waals surface area contributed by atoms with E-state index in [1.807, 2.05) is 50.8 Å². The Kier molecular flexibility index (Phi) is 6.30. The average molecular weight is 490 g/mol. The zero-order valence-electron chi connectivity index (χ0n) is 20.8. The maximum Gasteiger partial charge on any atom is 0.355 e. The fourth-order valence-electron chi connectivity index (χ4n) is 4.98. The molecule has 0 amide bonds. The first-order valence-electron chi connectivity index (χ1n) is 12.2. The Morgan fingerprint density at radius 1 is 1.06 bits per heavy atom. The van der Waals surface area contributed by atoms with E-state index in [0.717, 1.165) is 17.7 Å². The Bertz CT molecular complexity index is 1510. The standard InChI is InChI=1S/C28H29F2N5O/c1-16(2)19-10-7-8-17(3)25(19)35-27-21(26(33-28(35)36)34-13-12-31-15-18(34)4)14-23(30)24(32-27)20-9-5-6-11-22(20)29/h5-11,14,16,18,31H,12-13,15H2,1-4H3/t18-/m0/s1. The van der Waals surface area contributed by atoms with Gasteiger partial charge in [0.15, 0.2) is 5.65 Å². The molecule has 0 radical (unpaired) electrons. The number of anilines is 1. The van der Waals surface area contributed by atoms with Crippen LogP contribution in [-0.2, 0) is 0 Å². The van der Waals surface area contributed by atoms with E-state index >= 15 is 4.39 Å². The molecule has 36 heavy (non-hydrogen) atoms. The SMILES string of the molecule is Cc1cccc(C(C)C)c1-n1c(=O)nc(N2CCNC[C@@H]2C)c2cc(F)c(-c3ccccc3F)nc21. The van der Waals surface area contributed by atoms with Gasteiger partial charge in [-0.2, -0.15) is 4.98 Å². The summed E-state index contributed by atoms with van der Waals surface area (Å²) in [6.45, 7) is 10.1. The van der Waals surface area contributed by atoms with Crippen LogP contribution in [0.2, 0.25) is 0 Å². The van der Waals surface area contributed by atoms with E-state index in [9.17, 15) is 9.18 Å². The molecule has 0 spiro atoms. The molecule has 1 N–H and O–H groups in total. The highest BCUT2D eigenvalue weighted by atomic mass is 19.1. The van der Waals surface area contributed by atoms with Crippen LogP contribution in [0, 0.1) is 18.6 Å². The van der Waals surface area contributed by atoms with Crippen LogP contribution in [-0.4, -0.2) is 40.2 Å². The maximum atomic E-state index is 15.6. The molecule has 1 fully saturated rings. The number of nitrogens with one attached hydrogen (secondary N) is 1. The van der Waals surface area contributed by atoms with Crippen molar-refractivity contribution < 1.29 is 8.78 Å². The minimum atomic E-state index is -0.669. The van der Waals surface area contributed by atoms with Crippen molar-refractivity contribution in [3.8, 4) is 16.9 Å². The number of benzene rings is 2. The van der Waals surface area contributed by atoms with Crippen molar-refractivity contribution in [2.45, 2.75) is 39.7 Å². The number of pyridine rings is 1. The van der Waals surface area contributed by atoms with Crippen LogP contribution in [0.3, 0.4) is 0 Å². The molecule has 2 aromatic heterocycles. The lowest BCUT2D eigenvalue weighted by molar-refractivity contribution is 0.497. The number of nitrogens with zero attached hydrogens (tertiary/aromatic N) is 4. The largest absolute Gasteiger partial charge is 0.355 e. The quantitative estimate of drug-likeness (QED) is 0.439. The molecule has 0 saturated carbocycles. The highest BCUT2D eigenvalue weighted by molar-refractivity contribution is 5.90. The van der Waals surface area contributed by atoms with Gasteiger partial charge in [-0.25, -0.2) is 23.1 Å². The van der Waals surface area contributed by atoms with Crippen LogP contribution in [0.15, 0.2) is 53.3 Å². The zero-order chi connectivity index (χ0) is 25.6. The Hall–Kier alpha value is -3.65. The molecule has 8 heteroatoms. The van der Waals surface area contributed by atoms with Crippen LogP contribution in [0.1, 0.15) is 37.8 Å². The van der Waals surface area contributed by atoms with Gasteiger partial charge in [0.05, 0.1) is 11.1 Å². The Morgan fingerprint density at radius 3 is 2.56 bits per heavy atom. The molecule has 1 saturated heterocycles. The Labute approximate surface area is 208 Å². The minimum Gasteiger partial charge on any atom is -0.351 e. The van der Waals surface area contributed by atoms with Gasteiger partial charge in [-0.15, -0.1) is 0 Å². The van der Waals surface area contributed by atoms with Gasteiger partial charge in [0.2, 0.25) is 0 Å². The Balaban J connectivity index is 1.90. The lowest BCUT2D eigenvalue weighted by Crippen LogP contribution is -2.50.